The fourth-order valence-corrected chi connectivity index (χ4v) is 4.94. The van der Waals surface area contributed by atoms with Gasteiger partial charge in [-0.15, -0.1) is 0 Å². The average molecular weight is 524 g/mol. The minimum atomic E-state index is -0.274. The van der Waals surface area contributed by atoms with Gasteiger partial charge in [0.05, 0.1) is 6.61 Å². The Labute approximate surface area is 232 Å². The normalized spacial score (nSPS) is 11.1. The van der Waals surface area contributed by atoms with Crippen molar-refractivity contribution in [3.63, 3.8) is 0 Å². The summed E-state index contributed by atoms with van der Waals surface area (Å²) in [5.74, 6) is -0.216. The zero-order valence-corrected chi connectivity index (χ0v) is 25.5. The number of carbonyl (C=O) groups excluding carboxylic acids is 2. The highest BCUT2D eigenvalue weighted by Gasteiger charge is 2.13. The van der Waals surface area contributed by atoms with Gasteiger partial charge >= 0.3 is 5.97 Å². The third-order valence-electron chi connectivity index (χ3n) is 7.55. The molecule has 0 aromatic heterocycles. The summed E-state index contributed by atoms with van der Waals surface area (Å²) in [6.45, 7) is 5.09. The SMILES string of the molecule is CCCCCCCCCCCCCCCCCCOC(=O)CN(C)C(=O)CCCCCCCCCCC. The van der Waals surface area contributed by atoms with Gasteiger partial charge in [0.25, 0.3) is 0 Å². The van der Waals surface area contributed by atoms with E-state index in [-0.39, 0.29) is 18.4 Å². The first-order chi connectivity index (χ1) is 18.1. The predicted octanol–water partition coefficient (Wildman–Crippen LogP) is 10.2. The molecular weight excluding hydrogens is 458 g/mol. The predicted molar refractivity (Wildman–Crippen MR) is 160 cm³/mol. The van der Waals surface area contributed by atoms with Crippen LogP contribution in [0.25, 0.3) is 0 Å². The van der Waals surface area contributed by atoms with Crippen LogP contribution in [0.3, 0.4) is 0 Å². The van der Waals surface area contributed by atoms with Crippen molar-refractivity contribution < 1.29 is 14.3 Å². The van der Waals surface area contributed by atoms with Gasteiger partial charge in [-0.05, 0) is 12.8 Å². The molecule has 0 aromatic rings. The van der Waals surface area contributed by atoms with Crippen molar-refractivity contribution in [1.82, 2.24) is 4.90 Å². The lowest BCUT2D eigenvalue weighted by atomic mass is 10.0. The van der Waals surface area contributed by atoms with Gasteiger partial charge < -0.3 is 9.64 Å². The lowest BCUT2D eigenvalue weighted by molar-refractivity contribution is -0.148. The molecule has 0 saturated heterocycles. The summed E-state index contributed by atoms with van der Waals surface area (Å²) < 4.78 is 5.35. The summed E-state index contributed by atoms with van der Waals surface area (Å²) in [5.41, 5.74) is 0. The van der Waals surface area contributed by atoms with Crippen LogP contribution in [-0.4, -0.2) is 37.0 Å². The molecule has 4 heteroatoms. The molecule has 0 radical (unpaired) electrons. The Hall–Kier alpha value is -1.06. The van der Waals surface area contributed by atoms with Crippen LogP contribution in [0.5, 0.6) is 0 Å². The monoisotopic (exact) mass is 523 g/mol. The van der Waals surface area contributed by atoms with Crippen LogP contribution in [-0.2, 0) is 14.3 Å². The van der Waals surface area contributed by atoms with Gasteiger partial charge in [0.2, 0.25) is 5.91 Å². The zero-order chi connectivity index (χ0) is 27.2. The third kappa shape index (κ3) is 27.8. The number of hydrogen-bond acceptors (Lipinski definition) is 3. The second kappa shape index (κ2) is 29.5. The molecular formula is C33H65NO3. The third-order valence-corrected chi connectivity index (χ3v) is 7.55. The number of hydrogen-bond donors (Lipinski definition) is 0. The van der Waals surface area contributed by atoms with Gasteiger partial charge in [-0.2, -0.15) is 0 Å². The van der Waals surface area contributed by atoms with E-state index in [1.54, 1.807) is 7.05 Å². The van der Waals surface area contributed by atoms with E-state index < -0.39 is 0 Å². The first kappa shape index (κ1) is 35.9. The largest absolute Gasteiger partial charge is 0.464 e. The molecule has 0 aromatic carbocycles. The minimum Gasteiger partial charge on any atom is -0.464 e. The number of ether oxygens (including phenoxy) is 1. The number of likely N-dealkylation sites (N-methyl/N-ethyl adjacent to an activating group) is 1. The number of rotatable bonds is 29. The summed E-state index contributed by atoms with van der Waals surface area (Å²) >= 11 is 0. The van der Waals surface area contributed by atoms with E-state index in [9.17, 15) is 9.59 Å². The fourth-order valence-electron chi connectivity index (χ4n) is 4.94. The second-order valence-corrected chi connectivity index (χ2v) is 11.4. The molecule has 37 heavy (non-hydrogen) atoms. The summed E-state index contributed by atoms with van der Waals surface area (Å²) in [5, 5.41) is 0. The van der Waals surface area contributed by atoms with Crippen LogP contribution in [0.1, 0.15) is 181 Å². The first-order valence-corrected chi connectivity index (χ1v) is 16.5. The molecule has 0 N–H and O–H groups in total. The molecule has 0 aliphatic rings. The van der Waals surface area contributed by atoms with Gasteiger partial charge in [0.1, 0.15) is 6.54 Å². The quantitative estimate of drug-likeness (QED) is 0.0723. The van der Waals surface area contributed by atoms with Gasteiger partial charge in [-0.1, -0.05) is 162 Å². The molecule has 0 atom stereocenters. The molecule has 0 unspecified atom stereocenters. The van der Waals surface area contributed by atoms with E-state index in [4.69, 9.17) is 4.74 Å². The van der Waals surface area contributed by atoms with Gasteiger partial charge in [-0.3, -0.25) is 9.59 Å². The molecule has 0 aliphatic heterocycles. The van der Waals surface area contributed by atoms with Crippen molar-refractivity contribution in [1.29, 1.82) is 0 Å². The Balaban J connectivity index is 3.39. The van der Waals surface area contributed by atoms with Gasteiger partial charge in [-0.25, -0.2) is 0 Å². The Bertz CT molecular complexity index is 494. The maximum atomic E-state index is 12.2. The molecule has 0 heterocycles. The lowest BCUT2D eigenvalue weighted by Gasteiger charge is -2.16. The average Bonchev–Trinajstić information content (AvgIpc) is 2.89. The minimum absolute atomic E-state index is 0.0577. The van der Waals surface area contributed by atoms with Crippen molar-refractivity contribution in [3.05, 3.63) is 0 Å². The van der Waals surface area contributed by atoms with Gasteiger partial charge in [0.15, 0.2) is 0 Å². The van der Waals surface area contributed by atoms with Gasteiger partial charge in [0, 0.05) is 13.5 Å². The molecule has 0 fully saturated rings. The van der Waals surface area contributed by atoms with Crippen LogP contribution in [0.15, 0.2) is 0 Å². The van der Waals surface area contributed by atoms with Crippen LogP contribution < -0.4 is 0 Å². The Morgan fingerprint density at radius 1 is 0.486 bits per heavy atom. The van der Waals surface area contributed by atoms with E-state index in [0.717, 1.165) is 25.7 Å². The molecule has 1 amide bonds. The highest BCUT2D eigenvalue weighted by molar-refractivity contribution is 5.81. The van der Waals surface area contributed by atoms with Crippen molar-refractivity contribution in [2.45, 2.75) is 181 Å². The van der Waals surface area contributed by atoms with E-state index in [2.05, 4.69) is 13.8 Å². The van der Waals surface area contributed by atoms with E-state index in [0.29, 0.717) is 13.0 Å². The summed E-state index contributed by atoms with van der Waals surface area (Å²) in [6, 6.07) is 0. The van der Waals surface area contributed by atoms with Crippen LogP contribution in [0, 0.1) is 0 Å². The number of amides is 1. The van der Waals surface area contributed by atoms with Crippen LogP contribution in [0.2, 0.25) is 0 Å². The van der Waals surface area contributed by atoms with Crippen LogP contribution in [0.4, 0.5) is 0 Å². The van der Waals surface area contributed by atoms with Crippen molar-refractivity contribution >= 4 is 11.9 Å². The molecule has 0 bridgehead atoms. The number of carbonyl (C=O) groups is 2. The topological polar surface area (TPSA) is 46.6 Å². The summed E-state index contributed by atoms with van der Waals surface area (Å²) in [4.78, 5) is 25.8. The summed E-state index contributed by atoms with van der Waals surface area (Å²) in [6.07, 6.45) is 33.1. The van der Waals surface area contributed by atoms with E-state index in [1.807, 2.05) is 0 Å². The molecule has 0 rings (SSSR count). The highest BCUT2D eigenvalue weighted by Crippen LogP contribution is 2.14. The number of unbranched alkanes of at least 4 members (excludes halogenated alkanes) is 23. The molecule has 0 spiro atoms. The van der Waals surface area contributed by atoms with Crippen molar-refractivity contribution in [3.8, 4) is 0 Å². The fraction of sp³-hybridized carbons (Fsp3) is 0.939. The van der Waals surface area contributed by atoms with E-state index in [1.165, 1.54) is 140 Å². The first-order valence-electron chi connectivity index (χ1n) is 16.5. The molecule has 220 valence electrons. The lowest BCUT2D eigenvalue weighted by Crippen LogP contribution is -2.33. The zero-order valence-electron chi connectivity index (χ0n) is 25.5. The maximum Gasteiger partial charge on any atom is 0.325 e. The Morgan fingerprint density at radius 2 is 0.811 bits per heavy atom. The molecule has 0 saturated carbocycles. The highest BCUT2D eigenvalue weighted by atomic mass is 16.5. The van der Waals surface area contributed by atoms with Crippen molar-refractivity contribution in [2.75, 3.05) is 20.2 Å². The number of esters is 1. The summed E-state index contributed by atoms with van der Waals surface area (Å²) in [7, 11) is 1.71. The smallest absolute Gasteiger partial charge is 0.325 e. The Morgan fingerprint density at radius 3 is 1.19 bits per heavy atom. The maximum absolute atomic E-state index is 12.2. The number of nitrogens with zero attached hydrogens (tertiary/aromatic N) is 1. The Kier molecular flexibility index (Phi) is 28.7. The molecule has 4 nitrogen and oxygen atoms in total. The van der Waals surface area contributed by atoms with E-state index >= 15 is 0 Å². The van der Waals surface area contributed by atoms with Crippen LogP contribution >= 0.6 is 0 Å². The second-order valence-electron chi connectivity index (χ2n) is 11.4. The molecule has 0 aliphatic carbocycles. The van der Waals surface area contributed by atoms with Crippen molar-refractivity contribution in [2.24, 2.45) is 0 Å². The standard InChI is InChI=1S/C33H65NO3/c1-4-6-8-10-12-14-15-16-17-18-19-20-22-24-26-28-30-37-33(36)31-34(3)32(35)29-27-25-23-21-13-11-9-7-5-2/h4-31H2,1-3H3.